The van der Waals surface area contributed by atoms with Crippen LogP contribution in [0.15, 0.2) is 12.7 Å². The third kappa shape index (κ3) is 1.94. The third-order valence-corrected chi connectivity index (χ3v) is 4.00. The lowest BCUT2D eigenvalue weighted by atomic mass is 10.4. The number of nitrogens with zero attached hydrogens (tertiary/aromatic N) is 9. The zero-order chi connectivity index (χ0) is 17.0. The first kappa shape index (κ1) is 14.5. The molecular weight excluding hydrogens is 306 g/mol. The number of aromatic nitrogens is 8. The van der Waals surface area contributed by atoms with E-state index >= 15 is 0 Å². The van der Waals surface area contributed by atoms with Gasteiger partial charge >= 0.3 is 0 Å². The summed E-state index contributed by atoms with van der Waals surface area (Å²) >= 11 is 0. The molecule has 4 heterocycles. The van der Waals surface area contributed by atoms with Crippen LogP contribution in [0.1, 0.15) is 5.69 Å². The van der Waals surface area contributed by atoms with E-state index in [-0.39, 0.29) is 0 Å². The van der Waals surface area contributed by atoms with Crippen molar-refractivity contribution in [3.63, 3.8) is 0 Å². The first-order valence-electron chi connectivity index (χ1n) is 7.48. The van der Waals surface area contributed by atoms with Gasteiger partial charge in [-0.2, -0.15) is 0 Å². The topological polar surface area (TPSA) is 90.4 Å². The van der Waals surface area contributed by atoms with Crippen LogP contribution in [0.3, 0.4) is 0 Å². The van der Waals surface area contributed by atoms with Gasteiger partial charge in [0.15, 0.2) is 34.3 Å². The summed E-state index contributed by atoms with van der Waals surface area (Å²) in [5, 5.41) is 0. The largest absolute Gasteiger partial charge is 0.361 e. The van der Waals surface area contributed by atoms with Gasteiger partial charge in [-0.05, 0) is 6.92 Å². The summed E-state index contributed by atoms with van der Waals surface area (Å²) in [5.41, 5.74) is 3.88. The number of anilines is 1. The molecule has 122 valence electrons. The normalized spacial score (nSPS) is 11.5. The number of rotatable bonds is 2. The van der Waals surface area contributed by atoms with Gasteiger partial charge in [0.05, 0.1) is 12.0 Å². The van der Waals surface area contributed by atoms with Crippen LogP contribution in [0.5, 0.6) is 0 Å². The van der Waals surface area contributed by atoms with E-state index in [0.29, 0.717) is 11.6 Å². The second-order valence-electron chi connectivity index (χ2n) is 5.92. The maximum atomic E-state index is 4.68. The Hall–Kier alpha value is -3.10. The maximum absolute atomic E-state index is 4.68. The highest BCUT2D eigenvalue weighted by Crippen LogP contribution is 2.26. The predicted octanol–water partition coefficient (Wildman–Crippen LogP) is 1.08. The van der Waals surface area contributed by atoms with Crippen LogP contribution in [-0.4, -0.2) is 53.1 Å². The number of fused-ring (bicyclic) bond motifs is 2. The van der Waals surface area contributed by atoms with E-state index in [9.17, 15) is 0 Å². The van der Waals surface area contributed by atoms with E-state index in [2.05, 4.69) is 29.9 Å². The molecule has 0 amide bonds. The summed E-state index contributed by atoms with van der Waals surface area (Å²) in [6, 6.07) is 0. The molecule has 9 heteroatoms. The minimum absolute atomic E-state index is 0.537. The first-order chi connectivity index (χ1) is 11.5. The van der Waals surface area contributed by atoms with Gasteiger partial charge in [0.1, 0.15) is 11.8 Å². The van der Waals surface area contributed by atoms with E-state index in [1.807, 2.05) is 49.1 Å². The van der Waals surface area contributed by atoms with Crippen LogP contribution in [0, 0.1) is 6.92 Å². The average Bonchev–Trinajstić information content (AvgIpc) is 3.09. The van der Waals surface area contributed by atoms with Crippen LogP contribution >= 0.6 is 0 Å². The quantitative estimate of drug-likeness (QED) is 0.545. The molecule has 0 aromatic carbocycles. The lowest BCUT2D eigenvalue weighted by Gasteiger charge is -2.13. The molecule has 0 bridgehead atoms. The number of hydrogen-bond donors (Lipinski definition) is 0. The second kappa shape index (κ2) is 4.95. The Kier molecular flexibility index (Phi) is 2.99. The molecule has 0 radical (unpaired) electrons. The SMILES string of the molecule is Cc1ncnc2c1nc(-c1nc(N(C)C)c3ncn(C)c3n1)n2C. The molecule has 24 heavy (non-hydrogen) atoms. The first-order valence-corrected chi connectivity index (χ1v) is 7.48. The minimum Gasteiger partial charge on any atom is -0.361 e. The summed E-state index contributed by atoms with van der Waals surface area (Å²) in [4.78, 5) is 28.9. The second-order valence-corrected chi connectivity index (χ2v) is 5.92. The molecule has 0 saturated carbocycles. The fourth-order valence-corrected chi connectivity index (χ4v) is 2.72. The summed E-state index contributed by atoms with van der Waals surface area (Å²) in [6.45, 7) is 1.91. The molecule has 4 rings (SSSR count). The van der Waals surface area contributed by atoms with Gasteiger partial charge in [0.2, 0.25) is 0 Å². The van der Waals surface area contributed by atoms with E-state index in [0.717, 1.165) is 33.8 Å². The predicted molar refractivity (Wildman–Crippen MR) is 90.7 cm³/mol. The van der Waals surface area contributed by atoms with Crippen LogP contribution in [0.2, 0.25) is 0 Å². The Balaban J connectivity index is 2.05. The summed E-state index contributed by atoms with van der Waals surface area (Å²) in [7, 11) is 7.69. The summed E-state index contributed by atoms with van der Waals surface area (Å²) in [5.74, 6) is 1.94. The molecule has 0 aliphatic rings. The fraction of sp³-hybridized carbons (Fsp3) is 0.333. The molecule has 0 saturated heterocycles. The van der Waals surface area contributed by atoms with Crippen molar-refractivity contribution in [2.45, 2.75) is 6.92 Å². The van der Waals surface area contributed by atoms with E-state index in [1.54, 1.807) is 12.7 Å². The van der Waals surface area contributed by atoms with Crippen molar-refractivity contribution in [3.05, 3.63) is 18.3 Å². The zero-order valence-corrected chi connectivity index (χ0v) is 14.2. The van der Waals surface area contributed by atoms with Gasteiger partial charge in [-0.3, -0.25) is 0 Å². The van der Waals surface area contributed by atoms with Gasteiger partial charge in [-0.1, -0.05) is 0 Å². The van der Waals surface area contributed by atoms with Crippen molar-refractivity contribution in [2.24, 2.45) is 14.1 Å². The molecule has 4 aromatic rings. The highest BCUT2D eigenvalue weighted by Gasteiger charge is 2.19. The van der Waals surface area contributed by atoms with E-state index in [1.165, 1.54) is 0 Å². The lowest BCUT2D eigenvalue weighted by molar-refractivity contribution is 0.904. The highest BCUT2D eigenvalue weighted by atomic mass is 15.2. The molecule has 9 nitrogen and oxygen atoms in total. The van der Waals surface area contributed by atoms with Crippen molar-refractivity contribution in [3.8, 4) is 11.6 Å². The molecule has 0 aliphatic heterocycles. The monoisotopic (exact) mass is 323 g/mol. The Morgan fingerprint density at radius 3 is 2.42 bits per heavy atom. The summed E-state index contributed by atoms with van der Waals surface area (Å²) < 4.78 is 3.77. The zero-order valence-electron chi connectivity index (χ0n) is 14.2. The number of hydrogen-bond acceptors (Lipinski definition) is 7. The molecule has 0 aliphatic carbocycles. The molecular formula is C15H17N9. The standard InChI is InChI=1S/C15H17N9/c1-8-9-12(17-6-16-8)24(5)15(19-9)11-20-13(22(2)3)10-14(21-11)23(4)7-18-10/h6-7H,1-5H3. The smallest absolute Gasteiger partial charge is 0.200 e. The van der Waals surface area contributed by atoms with Crippen molar-refractivity contribution in [1.82, 2.24) is 39.0 Å². The van der Waals surface area contributed by atoms with E-state index in [4.69, 9.17) is 0 Å². The fourth-order valence-electron chi connectivity index (χ4n) is 2.72. The molecule has 0 atom stereocenters. The van der Waals surface area contributed by atoms with Crippen molar-refractivity contribution in [2.75, 3.05) is 19.0 Å². The molecule has 0 spiro atoms. The van der Waals surface area contributed by atoms with Crippen molar-refractivity contribution in [1.29, 1.82) is 0 Å². The van der Waals surface area contributed by atoms with E-state index < -0.39 is 0 Å². The lowest BCUT2D eigenvalue weighted by Crippen LogP contribution is -2.13. The van der Waals surface area contributed by atoms with Gasteiger partial charge in [-0.25, -0.2) is 29.9 Å². The van der Waals surface area contributed by atoms with Crippen LogP contribution < -0.4 is 4.90 Å². The van der Waals surface area contributed by atoms with Crippen molar-refractivity contribution < 1.29 is 0 Å². The molecule has 4 aromatic heterocycles. The number of aryl methyl sites for hydroxylation is 3. The Bertz CT molecular complexity index is 1070. The Morgan fingerprint density at radius 2 is 1.71 bits per heavy atom. The van der Waals surface area contributed by atoms with Gasteiger partial charge in [0.25, 0.3) is 0 Å². The maximum Gasteiger partial charge on any atom is 0.200 e. The van der Waals surface area contributed by atoms with Gasteiger partial charge in [-0.15, -0.1) is 0 Å². The third-order valence-electron chi connectivity index (χ3n) is 4.00. The Morgan fingerprint density at radius 1 is 0.917 bits per heavy atom. The highest BCUT2D eigenvalue weighted by molar-refractivity contribution is 5.86. The number of imidazole rings is 2. The molecule has 0 unspecified atom stereocenters. The Labute approximate surface area is 138 Å². The van der Waals surface area contributed by atoms with Crippen molar-refractivity contribution >= 4 is 28.1 Å². The molecule has 0 N–H and O–H groups in total. The van der Waals surface area contributed by atoms with Gasteiger partial charge < -0.3 is 14.0 Å². The minimum atomic E-state index is 0.537. The average molecular weight is 323 g/mol. The van der Waals surface area contributed by atoms with Gasteiger partial charge in [0, 0.05) is 28.2 Å². The van der Waals surface area contributed by atoms with Crippen LogP contribution in [0.4, 0.5) is 5.82 Å². The summed E-state index contributed by atoms with van der Waals surface area (Å²) in [6.07, 6.45) is 3.28. The van der Waals surface area contributed by atoms with Crippen LogP contribution in [0.25, 0.3) is 34.0 Å². The van der Waals surface area contributed by atoms with Crippen LogP contribution in [-0.2, 0) is 14.1 Å². The molecule has 0 fully saturated rings.